The van der Waals surface area contributed by atoms with Crippen molar-refractivity contribution in [1.29, 1.82) is 0 Å². The molecule has 3 aromatic rings. The number of hydrogen-bond donors (Lipinski definition) is 0. The Hall–Kier alpha value is -2.00. The highest BCUT2D eigenvalue weighted by Crippen LogP contribution is 2.36. The van der Waals surface area contributed by atoms with Gasteiger partial charge in [0.2, 0.25) is 21.7 Å². The summed E-state index contributed by atoms with van der Waals surface area (Å²) >= 11 is 12.1. The van der Waals surface area contributed by atoms with Gasteiger partial charge in [0.05, 0.1) is 10.9 Å². The molecule has 0 spiro atoms. The molecule has 0 saturated carbocycles. The summed E-state index contributed by atoms with van der Waals surface area (Å²) in [6.45, 7) is 2.21. The predicted octanol–water partition coefficient (Wildman–Crippen LogP) is 3.53. The smallest absolute Gasteiger partial charge is 0.244 e. The van der Waals surface area contributed by atoms with Crippen LogP contribution in [0.4, 0.5) is 0 Å². The number of hydrogen-bond acceptors (Lipinski definition) is 6. The molecule has 4 rings (SSSR count). The van der Waals surface area contributed by atoms with Crippen molar-refractivity contribution in [2.45, 2.75) is 17.7 Å². The van der Waals surface area contributed by atoms with E-state index in [4.69, 9.17) is 27.7 Å². The summed E-state index contributed by atoms with van der Waals surface area (Å²) in [6.07, 6.45) is 1.64. The molecule has 10 heteroatoms. The van der Waals surface area contributed by atoms with Crippen LogP contribution in [0.3, 0.4) is 0 Å². The van der Waals surface area contributed by atoms with Gasteiger partial charge in [0.25, 0.3) is 0 Å². The highest BCUT2D eigenvalue weighted by molar-refractivity contribution is 7.89. The first-order valence-corrected chi connectivity index (χ1v) is 10.3. The standard InChI is InChI=1S/C17H14Cl2N4O3S/c1-10-6-15(13(19)7-12(10)18)27(24,25)23-8-11(9-23)17-21-16(22-26-17)14-4-2-3-5-20-14/h2-7,11H,8-9H2,1H3. The molecule has 27 heavy (non-hydrogen) atoms. The lowest BCUT2D eigenvalue weighted by Gasteiger charge is -2.36. The van der Waals surface area contributed by atoms with Crippen molar-refractivity contribution in [2.75, 3.05) is 13.1 Å². The van der Waals surface area contributed by atoms with Crippen molar-refractivity contribution >= 4 is 33.2 Å². The maximum atomic E-state index is 12.8. The number of aromatic nitrogens is 3. The van der Waals surface area contributed by atoms with Crippen LogP contribution in [0.1, 0.15) is 17.4 Å². The first-order valence-electron chi connectivity index (χ1n) is 8.07. The first kappa shape index (κ1) is 18.4. The van der Waals surface area contributed by atoms with Crippen molar-refractivity contribution in [3.63, 3.8) is 0 Å². The first-order chi connectivity index (χ1) is 12.9. The zero-order chi connectivity index (χ0) is 19.2. The van der Waals surface area contributed by atoms with Gasteiger partial charge in [-0.15, -0.1) is 0 Å². The lowest BCUT2D eigenvalue weighted by molar-refractivity contribution is 0.217. The number of sulfonamides is 1. The molecule has 0 bridgehead atoms. The second kappa shape index (κ2) is 6.87. The van der Waals surface area contributed by atoms with E-state index in [1.54, 1.807) is 25.3 Å². The second-order valence-corrected chi connectivity index (χ2v) is 8.94. The summed E-state index contributed by atoms with van der Waals surface area (Å²) in [5.41, 5.74) is 1.24. The third-order valence-electron chi connectivity index (χ3n) is 4.36. The Morgan fingerprint density at radius 3 is 2.67 bits per heavy atom. The molecule has 3 heterocycles. The predicted molar refractivity (Wildman–Crippen MR) is 100 cm³/mol. The topological polar surface area (TPSA) is 89.2 Å². The van der Waals surface area contributed by atoms with Crippen molar-refractivity contribution in [1.82, 2.24) is 19.4 Å². The van der Waals surface area contributed by atoms with Crippen molar-refractivity contribution in [3.05, 3.63) is 58.0 Å². The third-order valence-corrected chi connectivity index (χ3v) is 7.07. The minimum atomic E-state index is -3.72. The van der Waals surface area contributed by atoms with Gasteiger partial charge in [-0.3, -0.25) is 4.98 Å². The number of rotatable bonds is 4. The Labute approximate surface area is 166 Å². The van der Waals surface area contributed by atoms with E-state index >= 15 is 0 Å². The van der Waals surface area contributed by atoms with E-state index in [9.17, 15) is 8.42 Å². The lowest BCUT2D eigenvalue weighted by atomic mass is 10.0. The van der Waals surface area contributed by atoms with E-state index in [1.807, 2.05) is 6.07 Å². The third kappa shape index (κ3) is 3.34. The van der Waals surface area contributed by atoms with Crippen molar-refractivity contribution < 1.29 is 12.9 Å². The molecule has 7 nitrogen and oxygen atoms in total. The van der Waals surface area contributed by atoms with Gasteiger partial charge in [-0.25, -0.2) is 8.42 Å². The van der Waals surface area contributed by atoms with Crippen LogP contribution in [0.25, 0.3) is 11.5 Å². The van der Waals surface area contributed by atoms with E-state index in [-0.39, 0.29) is 28.9 Å². The van der Waals surface area contributed by atoms with E-state index in [1.165, 1.54) is 16.4 Å². The van der Waals surface area contributed by atoms with Crippen LogP contribution in [0.5, 0.6) is 0 Å². The van der Waals surface area contributed by atoms with Gasteiger partial charge < -0.3 is 4.52 Å². The summed E-state index contributed by atoms with van der Waals surface area (Å²) in [6, 6.07) is 8.33. The number of pyridine rings is 1. The monoisotopic (exact) mass is 424 g/mol. The summed E-state index contributed by atoms with van der Waals surface area (Å²) in [5.74, 6) is 0.598. The molecule has 0 aliphatic carbocycles. The van der Waals surface area contributed by atoms with Gasteiger partial charge in [0.1, 0.15) is 10.6 Å². The molecular weight excluding hydrogens is 411 g/mol. The fourth-order valence-electron chi connectivity index (χ4n) is 2.76. The van der Waals surface area contributed by atoms with Crippen LogP contribution >= 0.6 is 23.2 Å². The Morgan fingerprint density at radius 1 is 1.19 bits per heavy atom. The van der Waals surface area contributed by atoms with Gasteiger partial charge >= 0.3 is 0 Å². The highest BCUT2D eigenvalue weighted by atomic mass is 35.5. The quantitative estimate of drug-likeness (QED) is 0.636. The molecule has 1 saturated heterocycles. The molecule has 0 unspecified atom stereocenters. The fraction of sp³-hybridized carbons (Fsp3) is 0.235. The van der Waals surface area contributed by atoms with Gasteiger partial charge in [-0.05, 0) is 36.8 Å². The summed E-state index contributed by atoms with van der Waals surface area (Å²) in [5, 5.41) is 4.44. The molecule has 0 amide bonds. The summed E-state index contributed by atoms with van der Waals surface area (Å²) in [7, 11) is -3.72. The molecule has 1 fully saturated rings. The molecular formula is C17H14Cl2N4O3S. The Kier molecular flexibility index (Phi) is 4.67. The van der Waals surface area contributed by atoms with Gasteiger partial charge in [-0.2, -0.15) is 9.29 Å². The van der Waals surface area contributed by atoms with Crippen LogP contribution in [-0.4, -0.2) is 40.9 Å². The van der Waals surface area contributed by atoms with Gasteiger partial charge in [0, 0.05) is 24.3 Å². The van der Waals surface area contributed by atoms with Crippen molar-refractivity contribution in [3.8, 4) is 11.5 Å². The SMILES string of the molecule is Cc1cc(S(=O)(=O)N2CC(c3nc(-c4ccccn4)no3)C2)c(Cl)cc1Cl. The number of nitrogens with zero attached hydrogens (tertiary/aromatic N) is 4. The number of halogens is 2. The molecule has 1 aromatic carbocycles. The van der Waals surface area contributed by atoms with Gasteiger partial charge in [0.15, 0.2) is 0 Å². The largest absolute Gasteiger partial charge is 0.339 e. The minimum Gasteiger partial charge on any atom is -0.339 e. The maximum absolute atomic E-state index is 12.8. The Bertz CT molecular complexity index is 1100. The van der Waals surface area contributed by atoms with Gasteiger partial charge in [-0.1, -0.05) is 34.4 Å². The normalized spacial score (nSPS) is 15.7. The van der Waals surface area contributed by atoms with Crippen LogP contribution in [-0.2, 0) is 10.0 Å². The van der Waals surface area contributed by atoms with E-state index in [2.05, 4.69) is 15.1 Å². The molecule has 1 aliphatic rings. The molecule has 0 N–H and O–H groups in total. The average molecular weight is 425 g/mol. The molecule has 2 aromatic heterocycles. The maximum Gasteiger partial charge on any atom is 0.244 e. The molecule has 0 atom stereocenters. The highest BCUT2D eigenvalue weighted by Gasteiger charge is 2.41. The fourth-order valence-corrected chi connectivity index (χ4v) is 5.10. The lowest BCUT2D eigenvalue weighted by Crippen LogP contribution is -2.48. The molecule has 140 valence electrons. The number of aryl methyl sites for hydroxylation is 1. The van der Waals surface area contributed by atoms with Crippen LogP contribution in [0, 0.1) is 6.92 Å². The van der Waals surface area contributed by atoms with E-state index < -0.39 is 10.0 Å². The molecule has 1 aliphatic heterocycles. The van der Waals surface area contributed by atoms with E-state index in [0.717, 1.165) is 0 Å². The van der Waals surface area contributed by atoms with E-state index in [0.29, 0.717) is 28.0 Å². The zero-order valence-electron chi connectivity index (χ0n) is 14.1. The average Bonchev–Trinajstić information content (AvgIpc) is 3.07. The van der Waals surface area contributed by atoms with Crippen LogP contribution < -0.4 is 0 Å². The van der Waals surface area contributed by atoms with Crippen LogP contribution in [0.2, 0.25) is 10.0 Å². The Balaban J connectivity index is 1.51. The Morgan fingerprint density at radius 2 is 1.96 bits per heavy atom. The summed E-state index contributed by atoms with van der Waals surface area (Å²) in [4.78, 5) is 8.54. The summed E-state index contributed by atoms with van der Waals surface area (Å²) < 4.78 is 32.3. The second-order valence-electron chi connectivity index (χ2n) is 6.22. The minimum absolute atomic E-state index is 0.0456. The van der Waals surface area contributed by atoms with Crippen LogP contribution in [0.15, 0.2) is 45.9 Å². The number of benzene rings is 1. The molecule has 0 radical (unpaired) electrons. The van der Waals surface area contributed by atoms with Crippen molar-refractivity contribution in [2.24, 2.45) is 0 Å². The zero-order valence-corrected chi connectivity index (χ0v) is 16.5.